The zero-order valence-electron chi connectivity index (χ0n) is 14.6. The van der Waals surface area contributed by atoms with Crippen molar-refractivity contribution in [1.29, 1.82) is 0 Å². The molecule has 0 bridgehead atoms. The van der Waals surface area contributed by atoms with Gasteiger partial charge in [0.2, 0.25) is 0 Å². The van der Waals surface area contributed by atoms with E-state index < -0.39 is 0 Å². The summed E-state index contributed by atoms with van der Waals surface area (Å²) >= 11 is 0. The van der Waals surface area contributed by atoms with Crippen LogP contribution in [-0.2, 0) is 16.6 Å². The van der Waals surface area contributed by atoms with Gasteiger partial charge in [-0.1, -0.05) is 52.3 Å². The highest BCUT2D eigenvalue weighted by Crippen LogP contribution is 2.39. The Morgan fingerprint density at radius 3 is 2.43 bits per heavy atom. The number of hydrogen-bond donors (Lipinski definition) is 0. The smallest absolute Gasteiger partial charge is 0.125 e. The maximum Gasteiger partial charge on any atom is 0.125 e. The van der Waals surface area contributed by atoms with Crippen LogP contribution >= 0.6 is 0 Å². The average molecular weight is 290 g/mol. The second-order valence-corrected chi connectivity index (χ2v) is 7.48. The third-order valence-corrected chi connectivity index (χ3v) is 4.45. The number of hydrogen-bond acceptors (Lipinski definition) is 2. The first kappa shape index (κ1) is 16.4. The molecule has 118 valence electrons. The fourth-order valence-electron chi connectivity index (χ4n) is 3.25. The van der Waals surface area contributed by atoms with E-state index in [0.717, 1.165) is 18.6 Å². The minimum absolute atomic E-state index is 0.0946. The topological polar surface area (TPSA) is 21.8 Å². The van der Waals surface area contributed by atoms with Crippen molar-refractivity contribution in [3.63, 3.8) is 0 Å². The van der Waals surface area contributed by atoms with Crippen molar-refractivity contribution in [1.82, 2.24) is 0 Å². The van der Waals surface area contributed by atoms with Crippen molar-refractivity contribution in [3.05, 3.63) is 28.8 Å². The van der Waals surface area contributed by atoms with Gasteiger partial charge in [-0.2, -0.15) is 0 Å². The van der Waals surface area contributed by atoms with E-state index in [0.29, 0.717) is 18.1 Å². The van der Waals surface area contributed by atoms with Gasteiger partial charge in [-0.3, -0.25) is 0 Å². The maximum atomic E-state index is 5.77. The van der Waals surface area contributed by atoms with Crippen LogP contribution in [0.4, 0.5) is 0 Å². The van der Waals surface area contributed by atoms with Crippen LogP contribution < -0.4 is 4.74 Å². The molecule has 2 heteroatoms. The second kappa shape index (κ2) is 6.00. The monoisotopic (exact) mass is 290 g/mol. The largest absolute Gasteiger partial charge is 0.496 e. The lowest BCUT2D eigenvalue weighted by Crippen LogP contribution is -2.16. The summed E-state index contributed by atoms with van der Waals surface area (Å²) in [7, 11) is 1.79. The lowest BCUT2D eigenvalue weighted by molar-refractivity contribution is 0.319. The fraction of sp³-hybridized carbons (Fsp3) is 0.684. The lowest BCUT2D eigenvalue weighted by Gasteiger charge is -2.25. The van der Waals surface area contributed by atoms with Crippen molar-refractivity contribution in [2.45, 2.75) is 72.0 Å². The quantitative estimate of drug-likeness (QED) is 0.736. The summed E-state index contributed by atoms with van der Waals surface area (Å²) in [4.78, 5) is 0. The van der Waals surface area contributed by atoms with Gasteiger partial charge in [0.05, 0.1) is 19.3 Å². The van der Waals surface area contributed by atoms with Gasteiger partial charge < -0.3 is 9.47 Å². The molecule has 0 amide bonds. The van der Waals surface area contributed by atoms with Crippen LogP contribution in [0.15, 0.2) is 12.1 Å². The molecule has 1 aromatic rings. The van der Waals surface area contributed by atoms with Crippen molar-refractivity contribution >= 4 is 0 Å². The average Bonchev–Trinajstić information content (AvgIpc) is 3.16. The number of benzene rings is 1. The molecule has 0 radical (unpaired) electrons. The highest BCUT2D eigenvalue weighted by Gasteiger charge is 2.41. The highest BCUT2D eigenvalue weighted by molar-refractivity contribution is 5.48. The van der Waals surface area contributed by atoms with Gasteiger partial charge in [0.1, 0.15) is 5.75 Å². The normalized spacial score (nSPS) is 23.0. The van der Waals surface area contributed by atoms with E-state index in [9.17, 15) is 0 Å². The van der Waals surface area contributed by atoms with E-state index in [2.05, 4.69) is 53.7 Å². The van der Waals surface area contributed by atoms with Gasteiger partial charge in [-0.25, -0.2) is 0 Å². The summed E-state index contributed by atoms with van der Waals surface area (Å²) in [5, 5.41) is 0. The third kappa shape index (κ3) is 3.60. The summed E-state index contributed by atoms with van der Waals surface area (Å²) in [5.41, 5.74) is 4.03. The van der Waals surface area contributed by atoms with Crippen LogP contribution in [0.3, 0.4) is 0 Å². The van der Waals surface area contributed by atoms with Crippen LogP contribution in [0.1, 0.15) is 57.7 Å². The molecule has 1 aromatic carbocycles. The summed E-state index contributed by atoms with van der Waals surface area (Å²) < 4.78 is 11.5. The molecule has 3 atom stereocenters. The molecule has 0 spiro atoms. The van der Waals surface area contributed by atoms with Gasteiger partial charge in [-0.05, 0) is 36.7 Å². The summed E-state index contributed by atoms with van der Waals surface area (Å²) in [6.07, 6.45) is 3.04. The Morgan fingerprint density at radius 1 is 1.29 bits per heavy atom. The number of methoxy groups -OCH3 is 1. The molecular weight excluding hydrogens is 260 g/mol. The van der Waals surface area contributed by atoms with Crippen LogP contribution in [0.25, 0.3) is 0 Å². The molecule has 1 aliphatic heterocycles. The molecule has 21 heavy (non-hydrogen) atoms. The van der Waals surface area contributed by atoms with Gasteiger partial charge in [-0.15, -0.1) is 0 Å². The molecule has 1 heterocycles. The molecule has 0 aromatic heterocycles. The number of ether oxygens (including phenoxy) is 2. The maximum absolute atomic E-state index is 5.77. The number of rotatable bonds is 5. The highest BCUT2D eigenvalue weighted by atomic mass is 16.6. The summed E-state index contributed by atoms with van der Waals surface area (Å²) in [5.74, 6) is 1.60. The van der Waals surface area contributed by atoms with E-state index in [1.807, 2.05) is 0 Å². The van der Waals surface area contributed by atoms with Crippen molar-refractivity contribution < 1.29 is 9.47 Å². The van der Waals surface area contributed by atoms with Gasteiger partial charge in [0, 0.05) is 5.56 Å². The van der Waals surface area contributed by atoms with E-state index in [-0.39, 0.29) is 5.41 Å². The van der Waals surface area contributed by atoms with Crippen LogP contribution in [0.5, 0.6) is 5.75 Å². The first-order valence-electron chi connectivity index (χ1n) is 8.11. The zero-order chi connectivity index (χ0) is 15.8. The van der Waals surface area contributed by atoms with E-state index in [1.165, 1.54) is 16.7 Å². The minimum atomic E-state index is 0.0946. The first-order chi connectivity index (χ1) is 9.77. The van der Waals surface area contributed by atoms with Gasteiger partial charge in [0.15, 0.2) is 0 Å². The molecule has 3 unspecified atom stereocenters. The molecule has 2 rings (SSSR count). The van der Waals surface area contributed by atoms with Crippen LogP contribution in [0.2, 0.25) is 0 Å². The SMILES string of the molecule is CCC1OC1C(C)Cc1cc(C)cc(C(C)(C)C)c1OC. The standard InChI is InChI=1S/C19H30O2/c1-8-16-17(21-16)13(3)11-14-9-12(2)10-15(18(14)20-7)19(4,5)6/h9-10,13,16-17H,8,11H2,1-7H3. The Labute approximate surface area is 129 Å². The molecule has 1 fully saturated rings. The molecular formula is C19H30O2. The first-order valence-corrected chi connectivity index (χ1v) is 8.11. The van der Waals surface area contributed by atoms with Crippen molar-refractivity contribution in [2.75, 3.05) is 7.11 Å². The Morgan fingerprint density at radius 2 is 1.95 bits per heavy atom. The molecule has 0 saturated carbocycles. The summed E-state index contributed by atoms with van der Waals surface area (Å²) in [6, 6.07) is 4.53. The minimum Gasteiger partial charge on any atom is -0.496 e. The molecule has 0 aliphatic carbocycles. The van der Waals surface area contributed by atoms with Gasteiger partial charge in [0.25, 0.3) is 0 Å². The Bertz CT molecular complexity index is 499. The molecule has 1 saturated heterocycles. The Balaban J connectivity index is 2.28. The number of aryl methyl sites for hydroxylation is 1. The fourth-order valence-corrected chi connectivity index (χ4v) is 3.25. The molecule has 2 nitrogen and oxygen atoms in total. The second-order valence-electron chi connectivity index (χ2n) is 7.48. The van der Waals surface area contributed by atoms with E-state index in [1.54, 1.807) is 7.11 Å². The molecule has 0 N–H and O–H groups in total. The zero-order valence-corrected chi connectivity index (χ0v) is 14.6. The Kier molecular flexibility index (Phi) is 4.67. The third-order valence-electron chi connectivity index (χ3n) is 4.45. The lowest BCUT2D eigenvalue weighted by atomic mass is 9.82. The van der Waals surface area contributed by atoms with Crippen LogP contribution in [0, 0.1) is 12.8 Å². The summed E-state index contributed by atoms with van der Waals surface area (Å²) in [6.45, 7) is 13.4. The van der Waals surface area contributed by atoms with E-state index >= 15 is 0 Å². The number of epoxide rings is 1. The Hall–Kier alpha value is -1.02. The predicted molar refractivity (Wildman–Crippen MR) is 88.3 cm³/mol. The van der Waals surface area contributed by atoms with Crippen molar-refractivity contribution in [3.8, 4) is 5.75 Å². The molecule has 1 aliphatic rings. The van der Waals surface area contributed by atoms with Crippen molar-refractivity contribution in [2.24, 2.45) is 5.92 Å². The van der Waals surface area contributed by atoms with Crippen LogP contribution in [-0.4, -0.2) is 19.3 Å². The van der Waals surface area contributed by atoms with Gasteiger partial charge >= 0.3 is 0 Å². The predicted octanol–water partition coefficient (Wildman–Crippen LogP) is 4.66. The van der Waals surface area contributed by atoms with E-state index in [4.69, 9.17) is 9.47 Å².